The van der Waals surface area contributed by atoms with E-state index in [2.05, 4.69) is 5.32 Å². The number of esters is 1. The Bertz CT molecular complexity index is 302. The zero-order valence-corrected chi connectivity index (χ0v) is 13.7. The molecule has 0 bridgehead atoms. The maximum atomic E-state index is 11.5. The number of carbonyl (C=O) groups excluding carboxylic acids is 1. The number of rotatable bonds is 10. The van der Waals surface area contributed by atoms with Gasteiger partial charge >= 0.3 is 11.9 Å². The lowest BCUT2D eigenvalue weighted by Crippen LogP contribution is -2.37. The van der Waals surface area contributed by atoms with Gasteiger partial charge in [0.05, 0.1) is 0 Å². The van der Waals surface area contributed by atoms with Crippen molar-refractivity contribution in [1.82, 2.24) is 5.32 Å². The Hall–Kier alpha value is -0.750. The fourth-order valence-corrected chi connectivity index (χ4v) is 2.08. The van der Waals surface area contributed by atoms with Crippen LogP contribution in [0.2, 0.25) is 0 Å². The third-order valence-electron chi connectivity index (χ3n) is 2.53. The molecule has 5 nitrogen and oxygen atoms in total. The van der Waals surface area contributed by atoms with Crippen molar-refractivity contribution in [3.8, 4) is 0 Å². The van der Waals surface area contributed by atoms with E-state index in [1.807, 2.05) is 27.0 Å². The van der Waals surface area contributed by atoms with E-state index in [0.717, 1.165) is 12.2 Å². The topological polar surface area (TPSA) is 75.6 Å². The first-order valence-electron chi connectivity index (χ1n) is 6.93. The highest BCUT2D eigenvalue weighted by Gasteiger charge is 2.17. The summed E-state index contributed by atoms with van der Waals surface area (Å²) in [6.07, 6.45) is 4.42. The Labute approximate surface area is 125 Å². The molecule has 0 rings (SSSR count). The fraction of sp³-hybridized carbons (Fsp3) is 0.857. The van der Waals surface area contributed by atoms with E-state index in [1.54, 1.807) is 11.8 Å². The summed E-state index contributed by atoms with van der Waals surface area (Å²) in [6.45, 7) is 6.13. The molecular formula is C14H27NO4S. The maximum absolute atomic E-state index is 11.5. The molecule has 0 saturated carbocycles. The van der Waals surface area contributed by atoms with E-state index >= 15 is 0 Å². The van der Waals surface area contributed by atoms with E-state index in [-0.39, 0.29) is 5.97 Å². The second-order valence-electron chi connectivity index (χ2n) is 5.67. The Morgan fingerprint density at radius 1 is 1.30 bits per heavy atom. The van der Waals surface area contributed by atoms with Crippen LogP contribution >= 0.6 is 11.8 Å². The Kier molecular flexibility index (Phi) is 9.67. The van der Waals surface area contributed by atoms with Crippen LogP contribution in [0.25, 0.3) is 0 Å². The lowest BCUT2D eigenvalue weighted by molar-refractivity contribution is -0.155. The minimum atomic E-state index is -0.814. The van der Waals surface area contributed by atoms with Crippen molar-refractivity contribution in [2.45, 2.75) is 58.1 Å². The van der Waals surface area contributed by atoms with Crippen molar-refractivity contribution < 1.29 is 19.4 Å². The predicted molar refractivity (Wildman–Crippen MR) is 82.1 cm³/mol. The molecule has 0 aromatic rings. The average Bonchev–Trinajstić information content (AvgIpc) is 2.29. The molecule has 1 atom stereocenters. The van der Waals surface area contributed by atoms with Crippen molar-refractivity contribution in [3.63, 3.8) is 0 Å². The predicted octanol–water partition coefficient (Wildman–Crippen LogP) is 2.29. The number of carboxylic acid groups (broad SMARTS) is 1. The first kappa shape index (κ1) is 19.2. The largest absolute Gasteiger partial charge is 0.480 e. The number of hydrogen-bond donors (Lipinski definition) is 2. The highest BCUT2D eigenvalue weighted by Crippen LogP contribution is 2.09. The van der Waals surface area contributed by atoms with Gasteiger partial charge in [-0.05, 0) is 58.6 Å². The molecule has 0 aliphatic heterocycles. The molecule has 0 heterocycles. The minimum absolute atomic E-state index is 0.199. The number of thioether (sulfide) groups is 1. The number of nitrogens with one attached hydrogen (secondary N) is 1. The molecule has 0 amide bonds. The van der Waals surface area contributed by atoms with Gasteiger partial charge in [0.25, 0.3) is 0 Å². The smallest absolute Gasteiger partial charge is 0.320 e. The molecule has 0 radical (unpaired) electrons. The van der Waals surface area contributed by atoms with Gasteiger partial charge in [0.1, 0.15) is 11.6 Å². The molecule has 0 aliphatic carbocycles. The number of unbranched alkanes of at least 4 members (excludes halogenated alkanes) is 1. The molecule has 6 heteroatoms. The molecule has 0 fully saturated rings. The molecule has 0 unspecified atom stereocenters. The molecule has 118 valence electrons. The first-order valence-corrected chi connectivity index (χ1v) is 8.32. The second kappa shape index (κ2) is 10.0. The van der Waals surface area contributed by atoms with E-state index in [1.165, 1.54) is 0 Å². The van der Waals surface area contributed by atoms with Crippen LogP contribution < -0.4 is 5.32 Å². The summed E-state index contributed by atoms with van der Waals surface area (Å²) in [5.74, 6) is -0.192. The monoisotopic (exact) mass is 305 g/mol. The summed E-state index contributed by atoms with van der Waals surface area (Å²) in [4.78, 5) is 22.5. The van der Waals surface area contributed by atoms with Crippen LogP contribution in [0, 0.1) is 0 Å². The summed E-state index contributed by atoms with van der Waals surface area (Å²) in [5.41, 5.74) is -0.443. The van der Waals surface area contributed by atoms with Gasteiger partial charge < -0.3 is 15.2 Å². The summed E-state index contributed by atoms with van der Waals surface area (Å²) >= 11 is 1.64. The number of hydrogen-bond acceptors (Lipinski definition) is 5. The molecule has 0 spiro atoms. The van der Waals surface area contributed by atoms with Crippen LogP contribution in [0.3, 0.4) is 0 Å². The molecule has 20 heavy (non-hydrogen) atoms. The first-order chi connectivity index (χ1) is 9.26. The zero-order valence-electron chi connectivity index (χ0n) is 12.9. The minimum Gasteiger partial charge on any atom is -0.480 e. The molecule has 2 N–H and O–H groups in total. The van der Waals surface area contributed by atoms with E-state index < -0.39 is 17.6 Å². The molecule has 0 saturated heterocycles. The highest BCUT2D eigenvalue weighted by molar-refractivity contribution is 7.98. The van der Waals surface area contributed by atoms with E-state index in [9.17, 15) is 9.59 Å². The van der Waals surface area contributed by atoms with Crippen molar-refractivity contribution >= 4 is 23.7 Å². The van der Waals surface area contributed by atoms with Crippen LogP contribution in [-0.4, -0.2) is 47.2 Å². The third-order valence-corrected chi connectivity index (χ3v) is 3.17. The van der Waals surface area contributed by atoms with Crippen LogP contribution in [0.4, 0.5) is 0 Å². The van der Waals surface area contributed by atoms with Gasteiger partial charge in [-0.1, -0.05) is 0 Å². The van der Waals surface area contributed by atoms with Crippen molar-refractivity contribution in [1.29, 1.82) is 0 Å². The van der Waals surface area contributed by atoms with Crippen LogP contribution in [0.15, 0.2) is 0 Å². The van der Waals surface area contributed by atoms with Crippen molar-refractivity contribution in [2.75, 3.05) is 18.6 Å². The fourth-order valence-electron chi connectivity index (χ4n) is 1.61. The standard InChI is InChI=1S/C14H27NO4S/c1-14(2,3)19-12(16)7-5-6-9-15-11(13(17)18)8-10-20-4/h11,15H,5-10H2,1-4H3,(H,17,18)/t11-/m0/s1. The number of carbonyl (C=O) groups is 2. The van der Waals surface area contributed by atoms with Gasteiger partial charge in [0.15, 0.2) is 0 Å². The van der Waals surface area contributed by atoms with Gasteiger partial charge in [0.2, 0.25) is 0 Å². The molecule has 0 aliphatic rings. The Balaban J connectivity index is 3.73. The van der Waals surface area contributed by atoms with Crippen LogP contribution in [0.5, 0.6) is 0 Å². The Morgan fingerprint density at radius 3 is 2.45 bits per heavy atom. The van der Waals surface area contributed by atoms with Crippen LogP contribution in [0.1, 0.15) is 46.5 Å². The number of aliphatic carboxylic acids is 1. The third kappa shape index (κ3) is 11.1. The van der Waals surface area contributed by atoms with Gasteiger partial charge in [-0.25, -0.2) is 0 Å². The van der Waals surface area contributed by atoms with Crippen LogP contribution in [-0.2, 0) is 14.3 Å². The molecule has 0 aromatic carbocycles. The van der Waals surface area contributed by atoms with Gasteiger partial charge in [-0.2, -0.15) is 11.8 Å². The lowest BCUT2D eigenvalue weighted by atomic mass is 10.1. The Morgan fingerprint density at radius 2 is 1.95 bits per heavy atom. The van der Waals surface area contributed by atoms with Gasteiger partial charge in [0, 0.05) is 6.42 Å². The average molecular weight is 305 g/mol. The zero-order chi connectivity index (χ0) is 15.6. The normalized spacial score (nSPS) is 13.0. The summed E-state index contributed by atoms with van der Waals surface area (Å²) in [7, 11) is 0. The maximum Gasteiger partial charge on any atom is 0.320 e. The lowest BCUT2D eigenvalue weighted by Gasteiger charge is -2.19. The summed E-state index contributed by atoms with van der Waals surface area (Å²) in [6, 6.07) is -0.496. The van der Waals surface area contributed by atoms with Crippen molar-refractivity contribution in [2.24, 2.45) is 0 Å². The molecular weight excluding hydrogens is 278 g/mol. The van der Waals surface area contributed by atoms with Gasteiger partial charge in [-0.15, -0.1) is 0 Å². The summed E-state index contributed by atoms with van der Waals surface area (Å²) < 4.78 is 5.20. The van der Waals surface area contributed by atoms with Crippen molar-refractivity contribution in [3.05, 3.63) is 0 Å². The van der Waals surface area contributed by atoms with Gasteiger partial charge in [-0.3, -0.25) is 9.59 Å². The second-order valence-corrected chi connectivity index (χ2v) is 6.66. The van der Waals surface area contributed by atoms with E-state index in [4.69, 9.17) is 9.84 Å². The summed E-state index contributed by atoms with van der Waals surface area (Å²) in [5, 5.41) is 12.0. The SMILES string of the molecule is CSCC[C@H](NCCCCC(=O)OC(C)(C)C)C(=O)O. The highest BCUT2D eigenvalue weighted by atomic mass is 32.2. The quantitative estimate of drug-likeness (QED) is 0.476. The van der Waals surface area contributed by atoms with E-state index in [0.29, 0.717) is 25.8 Å². The number of carboxylic acids is 1. The molecule has 0 aromatic heterocycles. The number of ether oxygens (including phenoxy) is 1.